The molecule has 2 N–H and O–H groups in total. The van der Waals surface area contributed by atoms with Gasteiger partial charge in [-0.2, -0.15) is 0 Å². The maximum absolute atomic E-state index is 11.8. The topological polar surface area (TPSA) is 49.3 Å². The van der Waals surface area contributed by atoms with Crippen LogP contribution in [0, 0.1) is 12.8 Å². The Kier molecular flexibility index (Phi) is 6.89. The second-order valence-electron chi connectivity index (χ2n) is 4.71. The van der Waals surface area contributed by atoms with Crippen molar-refractivity contribution in [3.63, 3.8) is 0 Å². The summed E-state index contributed by atoms with van der Waals surface area (Å²) in [5, 5.41) is 11.9. The SMILES string of the molecule is Cc1cc(Br)ccc1SCC(=O)NC(C)C(C)CO. The van der Waals surface area contributed by atoms with E-state index in [1.807, 2.05) is 39.0 Å². The summed E-state index contributed by atoms with van der Waals surface area (Å²) in [5.41, 5.74) is 1.16. The minimum atomic E-state index is -0.0101. The van der Waals surface area contributed by atoms with Gasteiger partial charge in [0.15, 0.2) is 0 Å². The minimum absolute atomic E-state index is 0.000110. The number of aliphatic hydroxyl groups is 1. The van der Waals surface area contributed by atoms with Gasteiger partial charge in [0, 0.05) is 22.0 Å². The standard InChI is InChI=1S/C14H20BrNO2S/c1-9-6-12(15)4-5-13(9)19-8-14(18)16-11(3)10(2)7-17/h4-6,10-11,17H,7-8H2,1-3H3,(H,16,18). The van der Waals surface area contributed by atoms with Gasteiger partial charge in [-0.1, -0.05) is 22.9 Å². The van der Waals surface area contributed by atoms with Crippen LogP contribution < -0.4 is 5.32 Å². The van der Waals surface area contributed by atoms with Gasteiger partial charge < -0.3 is 10.4 Å². The number of benzene rings is 1. The first-order chi connectivity index (χ1) is 8.93. The number of carbonyl (C=O) groups is 1. The Morgan fingerprint density at radius 3 is 2.74 bits per heavy atom. The number of aryl methyl sites for hydroxylation is 1. The first-order valence-electron chi connectivity index (χ1n) is 6.23. The molecule has 1 aromatic rings. The average molecular weight is 346 g/mol. The highest BCUT2D eigenvalue weighted by atomic mass is 79.9. The lowest BCUT2D eigenvalue weighted by Gasteiger charge is -2.19. The van der Waals surface area contributed by atoms with Gasteiger partial charge in [0.25, 0.3) is 0 Å². The zero-order valence-corrected chi connectivity index (χ0v) is 13.8. The lowest BCUT2D eigenvalue weighted by Crippen LogP contribution is -2.39. The Morgan fingerprint density at radius 1 is 1.47 bits per heavy atom. The zero-order chi connectivity index (χ0) is 14.4. The van der Waals surface area contributed by atoms with Crippen LogP contribution in [0.4, 0.5) is 0 Å². The molecule has 0 aromatic heterocycles. The van der Waals surface area contributed by atoms with E-state index in [0.29, 0.717) is 5.75 Å². The molecule has 0 bridgehead atoms. The second-order valence-corrected chi connectivity index (χ2v) is 6.65. The quantitative estimate of drug-likeness (QED) is 0.779. The summed E-state index contributed by atoms with van der Waals surface area (Å²) < 4.78 is 1.05. The van der Waals surface area contributed by atoms with Gasteiger partial charge in [-0.05, 0) is 43.5 Å². The third-order valence-electron chi connectivity index (χ3n) is 3.03. The second kappa shape index (κ2) is 7.92. The summed E-state index contributed by atoms with van der Waals surface area (Å²) in [6.45, 7) is 5.94. The van der Waals surface area contributed by atoms with E-state index in [1.165, 1.54) is 11.8 Å². The highest BCUT2D eigenvalue weighted by Gasteiger charge is 2.14. The number of carbonyl (C=O) groups excluding carboxylic acids is 1. The molecule has 0 aliphatic heterocycles. The van der Waals surface area contributed by atoms with Crippen molar-refractivity contribution in [2.75, 3.05) is 12.4 Å². The van der Waals surface area contributed by atoms with Crippen molar-refractivity contribution in [2.24, 2.45) is 5.92 Å². The Hall–Kier alpha value is -0.520. The maximum atomic E-state index is 11.8. The van der Waals surface area contributed by atoms with Gasteiger partial charge in [0.2, 0.25) is 5.91 Å². The summed E-state index contributed by atoms with van der Waals surface area (Å²) in [4.78, 5) is 12.9. The first-order valence-corrected chi connectivity index (χ1v) is 8.01. The van der Waals surface area contributed by atoms with Gasteiger partial charge >= 0.3 is 0 Å². The van der Waals surface area contributed by atoms with Crippen molar-refractivity contribution >= 4 is 33.6 Å². The van der Waals surface area contributed by atoms with Gasteiger partial charge in [-0.3, -0.25) is 4.79 Å². The first kappa shape index (κ1) is 16.5. The van der Waals surface area contributed by atoms with Crippen LogP contribution in [0.2, 0.25) is 0 Å². The Morgan fingerprint density at radius 2 is 2.16 bits per heavy atom. The molecule has 0 aliphatic carbocycles. The Labute approximate surface area is 127 Å². The summed E-state index contributed by atoms with van der Waals surface area (Å²) in [7, 11) is 0. The van der Waals surface area contributed by atoms with Gasteiger partial charge in [-0.15, -0.1) is 11.8 Å². The van der Waals surface area contributed by atoms with E-state index in [4.69, 9.17) is 5.11 Å². The molecular weight excluding hydrogens is 326 g/mol. The predicted octanol–water partition coefficient (Wildman–Crippen LogP) is 2.98. The number of nitrogens with one attached hydrogen (secondary N) is 1. The van der Waals surface area contributed by atoms with Gasteiger partial charge in [0.05, 0.1) is 5.75 Å². The van der Waals surface area contributed by atoms with Crippen molar-refractivity contribution < 1.29 is 9.90 Å². The molecule has 1 aromatic carbocycles. The highest BCUT2D eigenvalue weighted by Crippen LogP contribution is 2.25. The number of hydrogen-bond acceptors (Lipinski definition) is 3. The van der Waals surface area contributed by atoms with E-state index < -0.39 is 0 Å². The van der Waals surface area contributed by atoms with Crippen molar-refractivity contribution in [3.8, 4) is 0 Å². The molecule has 0 fully saturated rings. The maximum Gasteiger partial charge on any atom is 0.230 e. The lowest BCUT2D eigenvalue weighted by atomic mass is 10.1. The number of halogens is 1. The fraction of sp³-hybridized carbons (Fsp3) is 0.500. The van der Waals surface area contributed by atoms with E-state index >= 15 is 0 Å². The number of hydrogen-bond donors (Lipinski definition) is 2. The van der Waals surface area contributed by atoms with E-state index in [2.05, 4.69) is 21.2 Å². The Balaban J connectivity index is 2.46. The molecule has 5 heteroatoms. The average Bonchev–Trinajstić information content (AvgIpc) is 2.36. The summed E-state index contributed by atoms with van der Waals surface area (Å²) in [6.07, 6.45) is 0. The fourth-order valence-corrected chi connectivity index (χ4v) is 2.81. The van der Waals surface area contributed by atoms with Crippen LogP contribution in [-0.4, -0.2) is 29.4 Å². The summed E-state index contributed by atoms with van der Waals surface area (Å²) >= 11 is 4.95. The van der Waals surface area contributed by atoms with Crippen LogP contribution in [0.15, 0.2) is 27.6 Å². The summed E-state index contributed by atoms with van der Waals surface area (Å²) in [5.74, 6) is 0.466. The molecule has 0 radical (unpaired) electrons. The molecule has 0 aliphatic rings. The zero-order valence-electron chi connectivity index (χ0n) is 11.4. The molecular formula is C14H20BrNO2S. The Bertz CT molecular complexity index is 439. The molecule has 2 unspecified atom stereocenters. The molecule has 19 heavy (non-hydrogen) atoms. The molecule has 1 amide bonds. The molecule has 0 saturated carbocycles. The fourth-order valence-electron chi connectivity index (χ4n) is 1.51. The van der Waals surface area contributed by atoms with Crippen LogP contribution in [0.5, 0.6) is 0 Å². The summed E-state index contributed by atoms with van der Waals surface area (Å²) in [6, 6.07) is 6.02. The third-order valence-corrected chi connectivity index (χ3v) is 4.69. The molecule has 106 valence electrons. The molecule has 1 rings (SSSR count). The van der Waals surface area contributed by atoms with E-state index in [1.54, 1.807) is 0 Å². The van der Waals surface area contributed by atoms with Crippen LogP contribution >= 0.6 is 27.7 Å². The number of amides is 1. The minimum Gasteiger partial charge on any atom is -0.396 e. The monoisotopic (exact) mass is 345 g/mol. The van der Waals surface area contributed by atoms with Crippen LogP contribution in [0.3, 0.4) is 0 Å². The number of aliphatic hydroxyl groups excluding tert-OH is 1. The highest BCUT2D eigenvalue weighted by molar-refractivity contribution is 9.10. The molecule has 0 heterocycles. The predicted molar refractivity (Wildman–Crippen MR) is 83.5 cm³/mol. The van der Waals surface area contributed by atoms with Crippen molar-refractivity contribution in [2.45, 2.75) is 31.7 Å². The number of thioether (sulfide) groups is 1. The van der Waals surface area contributed by atoms with E-state index in [0.717, 1.165) is 14.9 Å². The van der Waals surface area contributed by atoms with Crippen molar-refractivity contribution in [1.29, 1.82) is 0 Å². The molecule has 0 spiro atoms. The largest absolute Gasteiger partial charge is 0.396 e. The van der Waals surface area contributed by atoms with Crippen molar-refractivity contribution in [3.05, 3.63) is 28.2 Å². The van der Waals surface area contributed by atoms with Gasteiger partial charge in [0.1, 0.15) is 0 Å². The van der Waals surface area contributed by atoms with Crippen LogP contribution in [-0.2, 0) is 4.79 Å². The van der Waals surface area contributed by atoms with Gasteiger partial charge in [-0.25, -0.2) is 0 Å². The molecule has 3 nitrogen and oxygen atoms in total. The van der Waals surface area contributed by atoms with Crippen LogP contribution in [0.1, 0.15) is 19.4 Å². The third kappa shape index (κ3) is 5.55. The van der Waals surface area contributed by atoms with E-state index in [9.17, 15) is 4.79 Å². The van der Waals surface area contributed by atoms with Crippen LogP contribution in [0.25, 0.3) is 0 Å². The lowest BCUT2D eigenvalue weighted by molar-refractivity contribution is -0.119. The van der Waals surface area contributed by atoms with Crippen molar-refractivity contribution in [1.82, 2.24) is 5.32 Å². The number of rotatable bonds is 6. The molecule has 2 atom stereocenters. The normalized spacial score (nSPS) is 13.9. The smallest absolute Gasteiger partial charge is 0.230 e. The molecule has 0 saturated heterocycles. The van der Waals surface area contributed by atoms with E-state index in [-0.39, 0.29) is 24.5 Å².